The van der Waals surface area contributed by atoms with Crippen molar-refractivity contribution >= 4 is 17.8 Å². The maximum atomic E-state index is 12.1. The van der Waals surface area contributed by atoms with E-state index in [1.165, 1.54) is 14.0 Å². The van der Waals surface area contributed by atoms with Gasteiger partial charge in [0.25, 0.3) is 0 Å². The van der Waals surface area contributed by atoms with E-state index in [0.717, 1.165) is 10.5 Å². The molecule has 0 N–H and O–H groups in total. The molecular formula is C14H15NO4. The smallest absolute Gasteiger partial charge is 0.318 e. The van der Waals surface area contributed by atoms with Gasteiger partial charge in [-0.15, -0.1) is 0 Å². The summed E-state index contributed by atoms with van der Waals surface area (Å²) in [6, 6.07) is 9.22. The number of likely N-dealkylation sites (tertiary alicyclic amines) is 1. The van der Waals surface area contributed by atoms with Gasteiger partial charge in [-0.3, -0.25) is 19.3 Å². The van der Waals surface area contributed by atoms with Gasteiger partial charge in [0.1, 0.15) is 5.92 Å². The van der Waals surface area contributed by atoms with E-state index in [1.54, 1.807) is 0 Å². The van der Waals surface area contributed by atoms with Crippen LogP contribution in [0.3, 0.4) is 0 Å². The maximum absolute atomic E-state index is 12.1. The lowest BCUT2D eigenvalue weighted by molar-refractivity contribution is -0.152. The number of methoxy groups -OCH3 is 1. The highest BCUT2D eigenvalue weighted by Crippen LogP contribution is 2.34. The van der Waals surface area contributed by atoms with Crippen LogP contribution in [0.4, 0.5) is 0 Å². The number of carbonyl (C=O) groups excluding carboxylic acids is 3. The molecule has 1 saturated heterocycles. The summed E-state index contributed by atoms with van der Waals surface area (Å²) in [5.74, 6) is -2.70. The minimum absolute atomic E-state index is 0.220. The Balaban J connectivity index is 2.38. The zero-order valence-corrected chi connectivity index (χ0v) is 10.8. The Morgan fingerprint density at radius 3 is 2.42 bits per heavy atom. The van der Waals surface area contributed by atoms with Crippen molar-refractivity contribution in [3.63, 3.8) is 0 Å². The molecule has 1 aliphatic heterocycles. The molecule has 0 bridgehead atoms. The van der Waals surface area contributed by atoms with Crippen LogP contribution in [0.1, 0.15) is 18.4 Å². The molecule has 1 aromatic carbocycles. The molecule has 1 aromatic rings. The lowest BCUT2D eigenvalue weighted by Crippen LogP contribution is -2.34. The predicted molar refractivity (Wildman–Crippen MR) is 67.1 cm³/mol. The van der Waals surface area contributed by atoms with Crippen molar-refractivity contribution in [3.8, 4) is 0 Å². The van der Waals surface area contributed by atoms with E-state index in [0.29, 0.717) is 0 Å². The van der Waals surface area contributed by atoms with Crippen molar-refractivity contribution in [2.45, 2.75) is 12.8 Å². The summed E-state index contributed by atoms with van der Waals surface area (Å²) >= 11 is 0. The second-order valence-corrected chi connectivity index (χ2v) is 4.49. The highest BCUT2D eigenvalue weighted by molar-refractivity contribution is 6.07. The summed E-state index contributed by atoms with van der Waals surface area (Å²) in [5, 5.41) is 0. The molecule has 2 amide bonds. The quantitative estimate of drug-likeness (QED) is 0.587. The molecule has 5 nitrogen and oxygen atoms in total. The van der Waals surface area contributed by atoms with Gasteiger partial charge in [-0.25, -0.2) is 0 Å². The van der Waals surface area contributed by atoms with E-state index >= 15 is 0 Å². The summed E-state index contributed by atoms with van der Waals surface area (Å²) in [4.78, 5) is 36.5. The molecule has 0 spiro atoms. The lowest BCUT2D eigenvalue weighted by Gasteiger charge is -2.14. The molecule has 1 heterocycles. The van der Waals surface area contributed by atoms with Gasteiger partial charge < -0.3 is 4.74 Å². The number of ether oxygens (including phenoxy) is 1. The van der Waals surface area contributed by atoms with Gasteiger partial charge in [0, 0.05) is 19.4 Å². The molecule has 2 atom stereocenters. The molecule has 0 radical (unpaired) electrons. The Bertz CT molecular complexity index is 511. The van der Waals surface area contributed by atoms with Gasteiger partial charge in [-0.1, -0.05) is 30.3 Å². The van der Waals surface area contributed by atoms with Crippen LogP contribution in [0.25, 0.3) is 0 Å². The zero-order valence-electron chi connectivity index (χ0n) is 10.8. The first kappa shape index (κ1) is 13.3. The van der Waals surface area contributed by atoms with Gasteiger partial charge in [-0.05, 0) is 5.56 Å². The molecule has 1 aliphatic rings. The Morgan fingerprint density at radius 1 is 1.26 bits per heavy atom. The van der Waals surface area contributed by atoms with E-state index in [1.807, 2.05) is 30.3 Å². The predicted octanol–water partition coefficient (Wildman–Crippen LogP) is 0.948. The van der Waals surface area contributed by atoms with Crippen molar-refractivity contribution in [1.29, 1.82) is 0 Å². The minimum atomic E-state index is -0.934. The molecule has 100 valence electrons. The van der Waals surface area contributed by atoms with Crippen LogP contribution in [-0.2, 0) is 19.1 Å². The first-order valence-electron chi connectivity index (χ1n) is 6.01. The van der Waals surface area contributed by atoms with E-state index in [2.05, 4.69) is 4.74 Å². The number of nitrogens with zero attached hydrogens (tertiary/aromatic N) is 1. The Labute approximate surface area is 111 Å². The third-order valence-electron chi connectivity index (χ3n) is 3.38. The summed E-state index contributed by atoms with van der Waals surface area (Å²) in [7, 11) is 1.24. The van der Waals surface area contributed by atoms with E-state index in [9.17, 15) is 14.4 Å². The lowest BCUT2D eigenvalue weighted by atomic mass is 9.89. The maximum Gasteiger partial charge on any atom is 0.318 e. The molecule has 0 unspecified atom stereocenters. The van der Waals surface area contributed by atoms with Crippen molar-refractivity contribution in [1.82, 2.24) is 4.90 Å². The molecule has 0 aromatic heterocycles. The molecule has 0 saturated carbocycles. The SMILES string of the molecule is COC(=O)[C@@H]1C(=O)N(C(C)=O)C[C@@H]1c1ccccc1. The van der Waals surface area contributed by atoms with Crippen LogP contribution in [-0.4, -0.2) is 36.3 Å². The Hall–Kier alpha value is -2.17. The topological polar surface area (TPSA) is 63.7 Å². The summed E-state index contributed by atoms with van der Waals surface area (Å²) in [6.45, 7) is 1.54. The largest absolute Gasteiger partial charge is 0.468 e. The molecule has 1 fully saturated rings. The van der Waals surface area contributed by atoms with Crippen molar-refractivity contribution in [2.24, 2.45) is 5.92 Å². The van der Waals surface area contributed by atoms with Crippen LogP contribution < -0.4 is 0 Å². The Kier molecular flexibility index (Phi) is 3.64. The summed E-state index contributed by atoms with van der Waals surface area (Å²) in [6.07, 6.45) is 0. The second-order valence-electron chi connectivity index (χ2n) is 4.49. The normalized spacial score (nSPS) is 22.4. The third-order valence-corrected chi connectivity index (χ3v) is 3.38. The van der Waals surface area contributed by atoms with E-state index < -0.39 is 17.8 Å². The van der Waals surface area contributed by atoms with Crippen LogP contribution in [0, 0.1) is 5.92 Å². The zero-order chi connectivity index (χ0) is 14.0. The van der Waals surface area contributed by atoms with Gasteiger partial charge in [0.15, 0.2) is 0 Å². The van der Waals surface area contributed by atoms with Crippen molar-refractivity contribution in [2.75, 3.05) is 13.7 Å². The monoisotopic (exact) mass is 261 g/mol. The van der Waals surface area contributed by atoms with Crippen LogP contribution in [0.5, 0.6) is 0 Å². The van der Waals surface area contributed by atoms with Crippen LogP contribution in [0.2, 0.25) is 0 Å². The number of hydrogen-bond acceptors (Lipinski definition) is 4. The first-order valence-corrected chi connectivity index (χ1v) is 6.01. The summed E-state index contributed by atoms with van der Waals surface area (Å²) < 4.78 is 4.69. The fourth-order valence-corrected chi connectivity index (χ4v) is 2.41. The minimum Gasteiger partial charge on any atom is -0.468 e. The van der Waals surface area contributed by atoms with Crippen LogP contribution >= 0.6 is 0 Å². The highest BCUT2D eigenvalue weighted by atomic mass is 16.5. The molecule has 2 rings (SSSR count). The molecular weight excluding hydrogens is 246 g/mol. The van der Waals surface area contributed by atoms with Crippen molar-refractivity contribution < 1.29 is 19.1 Å². The number of amides is 2. The average Bonchev–Trinajstić information content (AvgIpc) is 2.77. The van der Waals surface area contributed by atoms with Gasteiger partial charge in [0.2, 0.25) is 11.8 Å². The standard InChI is InChI=1S/C14H15NO4/c1-9(16)15-8-11(10-6-4-3-5-7-10)12(13(15)17)14(18)19-2/h3-7,11-12H,8H2,1-2H3/t11-,12+/m1/s1. The molecule has 5 heteroatoms. The Morgan fingerprint density at radius 2 is 1.89 bits per heavy atom. The number of rotatable bonds is 2. The summed E-state index contributed by atoms with van der Waals surface area (Å²) in [5.41, 5.74) is 0.856. The average molecular weight is 261 g/mol. The highest BCUT2D eigenvalue weighted by Gasteiger charge is 2.47. The molecule has 19 heavy (non-hydrogen) atoms. The number of imide groups is 1. The first-order chi connectivity index (χ1) is 9.06. The van der Waals surface area contributed by atoms with Gasteiger partial charge in [-0.2, -0.15) is 0 Å². The molecule has 0 aliphatic carbocycles. The number of carbonyl (C=O) groups is 3. The van der Waals surface area contributed by atoms with E-state index in [4.69, 9.17) is 0 Å². The number of esters is 1. The van der Waals surface area contributed by atoms with E-state index in [-0.39, 0.29) is 18.4 Å². The number of hydrogen-bond donors (Lipinski definition) is 0. The van der Waals surface area contributed by atoms with Gasteiger partial charge in [0.05, 0.1) is 7.11 Å². The fourth-order valence-electron chi connectivity index (χ4n) is 2.41. The third kappa shape index (κ3) is 2.36. The van der Waals surface area contributed by atoms with Crippen molar-refractivity contribution in [3.05, 3.63) is 35.9 Å². The fraction of sp³-hybridized carbons (Fsp3) is 0.357. The second kappa shape index (κ2) is 5.22. The van der Waals surface area contributed by atoms with Crippen LogP contribution in [0.15, 0.2) is 30.3 Å². The van der Waals surface area contributed by atoms with Gasteiger partial charge >= 0.3 is 5.97 Å². The number of benzene rings is 1.